The molecule has 1 heterocycles. The molecule has 0 saturated heterocycles. The maximum atomic E-state index is 5.36. The van der Waals surface area contributed by atoms with Gasteiger partial charge in [0.25, 0.3) is 0 Å². The van der Waals surface area contributed by atoms with Gasteiger partial charge in [0.1, 0.15) is 5.75 Å². The molecule has 1 aliphatic carbocycles. The fourth-order valence-corrected chi connectivity index (χ4v) is 3.49. The molecular weight excluding hydrogens is 258 g/mol. The number of benzene rings is 1. The highest BCUT2D eigenvalue weighted by Gasteiger charge is 2.18. The van der Waals surface area contributed by atoms with E-state index in [0.29, 0.717) is 0 Å². The highest BCUT2D eigenvalue weighted by Crippen LogP contribution is 2.32. The summed E-state index contributed by atoms with van der Waals surface area (Å²) >= 11 is 0. The molecule has 0 atom stereocenters. The van der Waals surface area contributed by atoms with E-state index in [-0.39, 0.29) is 0 Å². The molecule has 21 heavy (non-hydrogen) atoms. The van der Waals surface area contributed by atoms with Gasteiger partial charge >= 0.3 is 0 Å². The zero-order valence-corrected chi connectivity index (χ0v) is 13.1. The molecule has 1 aromatic heterocycles. The van der Waals surface area contributed by atoms with Crippen molar-refractivity contribution in [1.82, 2.24) is 4.98 Å². The Balaban J connectivity index is 1.74. The van der Waals surface area contributed by atoms with Gasteiger partial charge in [0, 0.05) is 17.3 Å². The standard InChI is InChI=1S/C19H25NO/c1-14-3-5-15(6-4-14)7-10-19-18-13-17(21-2)9-8-16(18)11-12-20-19/h8-9,11-15H,3-7,10H2,1-2H3. The first-order valence-electron chi connectivity index (χ1n) is 8.18. The fraction of sp³-hybridized carbons (Fsp3) is 0.526. The number of nitrogens with zero attached hydrogens (tertiary/aromatic N) is 1. The molecule has 0 bridgehead atoms. The van der Waals surface area contributed by atoms with Gasteiger partial charge in [-0.1, -0.05) is 38.7 Å². The first-order valence-corrected chi connectivity index (χ1v) is 8.18. The molecule has 3 rings (SSSR count). The molecule has 112 valence electrons. The van der Waals surface area contributed by atoms with Crippen molar-refractivity contribution in [2.24, 2.45) is 11.8 Å². The molecule has 2 nitrogen and oxygen atoms in total. The maximum Gasteiger partial charge on any atom is 0.119 e. The predicted molar refractivity (Wildman–Crippen MR) is 87.7 cm³/mol. The zero-order chi connectivity index (χ0) is 14.7. The first-order chi connectivity index (χ1) is 10.3. The van der Waals surface area contributed by atoms with Gasteiger partial charge in [-0.25, -0.2) is 0 Å². The number of aryl methyl sites for hydroxylation is 1. The Kier molecular flexibility index (Phi) is 4.42. The summed E-state index contributed by atoms with van der Waals surface area (Å²) in [6.45, 7) is 2.38. The third-order valence-electron chi connectivity index (χ3n) is 4.98. The number of hydrogen-bond donors (Lipinski definition) is 0. The van der Waals surface area contributed by atoms with Gasteiger partial charge in [0.15, 0.2) is 0 Å². The number of aromatic nitrogens is 1. The molecule has 1 saturated carbocycles. The van der Waals surface area contributed by atoms with Gasteiger partial charge in [0.05, 0.1) is 7.11 Å². The minimum atomic E-state index is 0.892. The lowest BCUT2D eigenvalue weighted by Gasteiger charge is -2.26. The number of fused-ring (bicyclic) bond motifs is 1. The van der Waals surface area contributed by atoms with Crippen molar-refractivity contribution in [3.8, 4) is 5.75 Å². The van der Waals surface area contributed by atoms with E-state index in [1.54, 1.807) is 7.11 Å². The molecule has 0 amide bonds. The second-order valence-electron chi connectivity index (χ2n) is 6.51. The van der Waals surface area contributed by atoms with Crippen molar-refractivity contribution >= 4 is 10.8 Å². The van der Waals surface area contributed by atoms with Crippen molar-refractivity contribution in [1.29, 1.82) is 0 Å². The van der Waals surface area contributed by atoms with Crippen LogP contribution in [0.2, 0.25) is 0 Å². The molecule has 2 heteroatoms. The number of methoxy groups -OCH3 is 1. The second kappa shape index (κ2) is 6.46. The Morgan fingerprint density at radius 1 is 1.14 bits per heavy atom. The molecule has 0 aliphatic heterocycles. The van der Waals surface area contributed by atoms with Crippen molar-refractivity contribution < 1.29 is 4.74 Å². The summed E-state index contributed by atoms with van der Waals surface area (Å²) < 4.78 is 5.36. The summed E-state index contributed by atoms with van der Waals surface area (Å²) in [5.74, 6) is 2.74. The lowest BCUT2D eigenvalue weighted by molar-refractivity contribution is 0.277. The average molecular weight is 283 g/mol. The van der Waals surface area contributed by atoms with E-state index in [4.69, 9.17) is 4.74 Å². The van der Waals surface area contributed by atoms with Crippen LogP contribution in [0, 0.1) is 11.8 Å². The molecule has 0 radical (unpaired) electrons. The Labute approximate surface area is 127 Å². The quantitative estimate of drug-likeness (QED) is 0.787. The molecule has 1 aromatic carbocycles. The zero-order valence-electron chi connectivity index (χ0n) is 13.1. The molecule has 2 aromatic rings. The fourth-order valence-electron chi connectivity index (χ4n) is 3.49. The Morgan fingerprint density at radius 3 is 2.71 bits per heavy atom. The lowest BCUT2D eigenvalue weighted by Crippen LogP contribution is -2.13. The summed E-state index contributed by atoms with van der Waals surface area (Å²) in [7, 11) is 1.72. The Morgan fingerprint density at radius 2 is 1.95 bits per heavy atom. The van der Waals surface area contributed by atoms with Crippen LogP contribution in [0.4, 0.5) is 0 Å². The second-order valence-corrected chi connectivity index (χ2v) is 6.51. The van der Waals surface area contributed by atoms with Crippen LogP contribution < -0.4 is 4.74 Å². The van der Waals surface area contributed by atoms with Crippen molar-refractivity contribution in [3.63, 3.8) is 0 Å². The van der Waals surface area contributed by atoms with Crippen LogP contribution in [-0.4, -0.2) is 12.1 Å². The largest absolute Gasteiger partial charge is 0.497 e. The maximum absolute atomic E-state index is 5.36. The lowest BCUT2D eigenvalue weighted by atomic mass is 9.80. The number of rotatable bonds is 4. The van der Waals surface area contributed by atoms with E-state index < -0.39 is 0 Å². The summed E-state index contributed by atoms with van der Waals surface area (Å²) in [4.78, 5) is 4.63. The van der Waals surface area contributed by atoms with Crippen molar-refractivity contribution in [2.45, 2.75) is 45.4 Å². The van der Waals surface area contributed by atoms with Crippen LogP contribution >= 0.6 is 0 Å². The molecule has 1 fully saturated rings. The molecule has 1 aliphatic rings. The smallest absolute Gasteiger partial charge is 0.119 e. The third-order valence-corrected chi connectivity index (χ3v) is 4.98. The Hall–Kier alpha value is -1.57. The SMILES string of the molecule is COc1ccc2ccnc(CCC3CCC(C)CC3)c2c1. The average Bonchev–Trinajstić information content (AvgIpc) is 2.54. The van der Waals surface area contributed by atoms with Gasteiger partial charge in [-0.3, -0.25) is 4.98 Å². The predicted octanol–water partition coefficient (Wildman–Crippen LogP) is 5.00. The normalized spacial score (nSPS) is 22.4. The minimum Gasteiger partial charge on any atom is -0.497 e. The van der Waals surface area contributed by atoms with Crippen LogP contribution in [-0.2, 0) is 6.42 Å². The monoisotopic (exact) mass is 283 g/mol. The van der Waals surface area contributed by atoms with Gasteiger partial charge in [-0.2, -0.15) is 0 Å². The summed E-state index contributed by atoms with van der Waals surface area (Å²) in [5.41, 5.74) is 1.23. The Bertz CT molecular complexity index is 600. The van der Waals surface area contributed by atoms with E-state index in [2.05, 4.69) is 30.1 Å². The van der Waals surface area contributed by atoms with Gasteiger partial charge in [0.2, 0.25) is 0 Å². The third kappa shape index (κ3) is 3.37. The minimum absolute atomic E-state index is 0.892. The van der Waals surface area contributed by atoms with Crippen molar-refractivity contribution in [3.05, 3.63) is 36.2 Å². The van der Waals surface area contributed by atoms with Crippen LogP contribution in [0.5, 0.6) is 5.75 Å². The number of hydrogen-bond acceptors (Lipinski definition) is 2. The summed E-state index contributed by atoms with van der Waals surface area (Å²) in [5, 5.41) is 2.51. The van der Waals surface area contributed by atoms with Crippen LogP contribution in [0.15, 0.2) is 30.5 Å². The van der Waals surface area contributed by atoms with Crippen LogP contribution in [0.1, 0.15) is 44.7 Å². The van der Waals surface area contributed by atoms with E-state index in [0.717, 1.165) is 24.0 Å². The van der Waals surface area contributed by atoms with Gasteiger partial charge in [-0.05, 0) is 48.3 Å². The first kappa shape index (κ1) is 14.4. The molecular formula is C19H25NO. The van der Waals surface area contributed by atoms with Crippen LogP contribution in [0.3, 0.4) is 0 Å². The highest BCUT2D eigenvalue weighted by molar-refractivity contribution is 5.85. The molecule has 0 N–H and O–H groups in total. The van der Waals surface area contributed by atoms with Crippen LogP contribution in [0.25, 0.3) is 10.8 Å². The highest BCUT2D eigenvalue weighted by atomic mass is 16.5. The van der Waals surface area contributed by atoms with E-state index in [1.807, 2.05) is 12.3 Å². The number of ether oxygens (including phenoxy) is 1. The molecule has 0 spiro atoms. The molecule has 0 unspecified atom stereocenters. The topological polar surface area (TPSA) is 22.1 Å². The van der Waals surface area contributed by atoms with Gasteiger partial charge < -0.3 is 4.74 Å². The van der Waals surface area contributed by atoms with E-state index in [9.17, 15) is 0 Å². The van der Waals surface area contributed by atoms with E-state index >= 15 is 0 Å². The summed E-state index contributed by atoms with van der Waals surface area (Å²) in [6, 6.07) is 8.36. The number of pyridine rings is 1. The van der Waals surface area contributed by atoms with Gasteiger partial charge in [-0.15, -0.1) is 0 Å². The summed E-state index contributed by atoms with van der Waals surface area (Å²) in [6.07, 6.45) is 9.90. The van der Waals surface area contributed by atoms with E-state index in [1.165, 1.54) is 48.6 Å². The van der Waals surface area contributed by atoms with Crippen molar-refractivity contribution in [2.75, 3.05) is 7.11 Å².